The summed E-state index contributed by atoms with van der Waals surface area (Å²) in [6, 6.07) is 11.1. The van der Waals surface area contributed by atoms with Gasteiger partial charge in [0.25, 0.3) is 0 Å². The molecule has 0 atom stereocenters. The first-order valence-electron chi connectivity index (χ1n) is 7.84. The summed E-state index contributed by atoms with van der Waals surface area (Å²) >= 11 is 5.33. The van der Waals surface area contributed by atoms with Crippen LogP contribution in [0.25, 0.3) is 12.2 Å². The van der Waals surface area contributed by atoms with Crippen molar-refractivity contribution < 1.29 is 13.9 Å². The van der Waals surface area contributed by atoms with Crippen LogP contribution in [0.1, 0.15) is 16.7 Å². The topological polar surface area (TPSA) is 59.6 Å². The van der Waals surface area contributed by atoms with Crippen LogP contribution in [0, 0.1) is 23.0 Å². The fourth-order valence-electron chi connectivity index (χ4n) is 2.43. The van der Waals surface area contributed by atoms with E-state index in [4.69, 9.17) is 17.5 Å². The first kappa shape index (κ1) is 18.4. The third-order valence-corrected chi connectivity index (χ3v) is 4.39. The number of likely N-dealkylation sites (N-methyl/N-ethyl adjacent to an activating group) is 1. The normalized spacial score (nSPS) is 15.5. The molecule has 3 rings (SSSR count). The molecule has 1 heterocycles. The largest absolute Gasteiger partial charge is 0.503 e. The predicted molar refractivity (Wildman–Crippen MR) is 104 cm³/mol. The zero-order valence-corrected chi connectivity index (χ0v) is 15.0. The number of aliphatic imine (C=N–C) groups is 1. The monoisotopic (exact) mass is 381 g/mol. The summed E-state index contributed by atoms with van der Waals surface area (Å²) in [5.74, 6) is -2.55. The number of rotatable bonds is 3. The van der Waals surface area contributed by atoms with E-state index in [9.17, 15) is 13.9 Å². The molecule has 0 unspecified atom stereocenters. The molecule has 2 aromatic rings. The molecular weight excluding hydrogens is 368 g/mol. The van der Waals surface area contributed by atoms with Gasteiger partial charge in [0.15, 0.2) is 17.4 Å². The Balaban J connectivity index is 1.88. The Morgan fingerprint density at radius 3 is 2.33 bits per heavy atom. The molecule has 0 amide bonds. The summed E-state index contributed by atoms with van der Waals surface area (Å²) in [7, 11) is 1.74. The van der Waals surface area contributed by atoms with Gasteiger partial charge >= 0.3 is 0 Å². The average Bonchev–Trinajstić information content (AvgIpc) is 2.92. The molecule has 0 saturated heterocycles. The minimum atomic E-state index is -1.05. The second kappa shape index (κ2) is 7.48. The average molecular weight is 381 g/mol. The number of hydrogen-bond acceptors (Lipinski definition) is 4. The van der Waals surface area contributed by atoms with Crippen LogP contribution < -0.4 is 0 Å². The van der Waals surface area contributed by atoms with E-state index in [1.807, 2.05) is 18.2 Å². The van der Waals surface area contributed by atoms with Crippen LogP contribution in [0.15, 0.2) is 53.2 Å². The lowest BCUT2D eigenvalue weighted by atomic mass is 10.1. The van der Waals surface area contributed by atoms with Crippen molar-refractivity contribution in [2.45, 2.75) is 0 Å². The Morgan fingerprint density at radius 2 is 1.74 bits per heavy atom. The Hall–Kier alpha value is -3.37. The van der Waals surface area contributed by atoms with Gasteiger partial charge in [-0.1, -0.05) is 30.4 Å². The summed E-state index contributed by atoms with van der Waals surface area (Å²) < 4.78 is 27.0. The van der Waals surface area contributed by atoms with Crippen LogP contribution in [0.2, 0.25) is 0 Å². The first-order chi connectivity index (χ1) is 12.9. The van der Waals surface area contributed by atoms with E-state index >= 15 is 0 Å². The molecule has 2 aromatic carbocycles. The molecule has 1 aliphatic heterocycles. The summed E-state index contributed by atoms with van der Waals surface area (Å²) in [5.41, 5.74) is 2.05. The van der Waals surface area contributed by atoms with Gasteiger partial charge in [-0.3, -0.25) is 0 Å². The van der Waals surface area contributed by atoms with E-state index < -0.39 is 17.4 Å². The van der Waals surface area contributed by atoms with Crippen LogP contribution in [-0.4, -0.2) is 27.9 Å². The van der Waals surface area contributed by atoms with Crippen molar-refractivity contribution in [2.24, 2.45) is 4.99 Å². The molecule has 4 nitrogen and oxygen atoms in total. The maximum absolute atomic E-state index is 13.5. The Morgan fingerprint density at radius 1 is 1.11 bits per heavy atom. The zero-order valence-electron chi connectivity index (χ0n) is 14.1. The van der Waals surface area contributed by atoms with Gasteiger partial charge in [0.05, 0.1) is 11.6 Å². The maximum Gasteiger partial charge on any atom is 0.187 e. The van der Waals surface area contributed by atoms with Crippen LogP contribution in [-0.2, 0) is 0 Å². The van der Waals surface area contributed by atoms with Crippen molar-refractivity contribution in [1.29, 1.82) is 5.26 Å². The number of hydrogen-bond donors (Lipinski definition) is 1. The molecule has 0 spiro atoms. The molecule has 0 aliphatic carbocycles. The van der Waals surface area contributed by atoms with Gasteiger partial charge in [0.1, 0.15) is 16.5 Å². The molecule has 0 fully saturated rings. The predicted octanol–water partition coefficient (Wildman–Crippen LogP) is 4.27. The summed E-state index contributed by atoms with van der Waals surface area (Å²) in [5, 5.41) is 18.0. The van der Waals surface area contributed by atoms with Crippen molar-refractivity contribution in [2.75, 3.05) is 7.05 Å². The number of benzene rings is 2. The number of nitrogens with zero attached hydrogens (tertiary/aromatic N) is 3. The molecule has 27 heavy (non-hydrogen) atoms. The minimum Gasteiger partial charge on any atom is -0.503 e. The first-order valence-corrected chi connectivity index (χ1v) is 8.24. The highest BCUT2D eigenvalue weighted by molar-refractivity contribution is 7.80. The van der Waals surface area contributed by atoms with Gasteiger partial charge in [-0.05, 0) is 47.5 Å². The van der Waals surface area contributed by atoms with Gasteiger partial charge in [-0.25, -0.2) is 13.8 Å². The molecule has 0 aromatic heterocycles. The molecule has 0 bridgehead atoms. The van der Waals surface area contributed by atoms with Gasteiger partial charge < -0.3 is 10.0 Å². The van der Waals surface area contributed by atoms with Gasteiger partial charge in [0.2, 0.25) is 0 Å². The smallest absolute Gasteiger partial charge is 0.187 e. The Bertz CT molecular complexity index is 1030. The highest BCUT2D eigenvalue weighted by Gasteiger charge is 2.21. The lowest BCUT2D eigenvalue weighted by Crippen LogP contribution is -2.24. The van der Waals surface area contributed by atoms with Crippen LogP contribution >= 0.6 is 12.2 Å². The number of phenols is 1. The Kier molecular flexibility index (Phi) is 5.10. The second-order valence-electron chi connectivity index (χ2n) is 5.76. The van der Waals surface area contributed by atoms with Crippen molar-refractivity contribution >= 4 is 35.2 Å². The fraction of sp³-hybridized carbons (Fsp3) is 0.0500. The molecule has 1 aliphatic rings. The molecule has 134 valence electrons. The second-order valence-corrected chi connectivity index (χ2v) is 6.15. The number of thiocarbonyl (C=S) groups is 1. The Labute approximate surface area is 160 Å². The quantitative estimate of drug-likeness (QED) is 0.637. The molecular formula is C20H13F2N3OS. The number of aromatic hydroxyl groups is 1. The molecule has 0 saturated carbocycles. The standard InChI is InChI=1S/C20H13F2N3OS/c1-25-18(7-6-12-2-4-13(11-23)5-3-12)24-17(20(25)27)10-14-8-15(21)19(26)16(22)9-14/h2-10,26H,1H3/b7-6+,17-10-. The highest BCUT2D eigenvalue weighted by Crippen LogP contribution is 2.25. The zero-order chi connectivity index (χ0) is 19.6. The minimum absolute atomic E-state index is 0.203. The van der Waals surface area contributed by atoms with Crippen molar-refractivity contribution in [1.82, 2.24) is 4.90 Å². The lowest BCUT2D eigenvalue weighted by molar-refractivity contribution is 0.396. The maximum atomic E-state index is 13.5. The summed E-state index contributed by atoms with van der Waals surface area (Å²) in [4.78, 5) is 6.47. The number of halogens is 2. The van der Waals surface area contributed by atoms with Crippen LogP contribution in [0.3, 0.4) is 0 Å². The third-order valence-electron chi connectivity index (χ3n) is 3.91. The van der Waals surface area contributed by atoms with E-state index in [1.54, 1.807) is 30.2 Å². The SMILES string of the molecule is CN1C(=S)/C(=C/c2cc(F)c(O)c(F)c2)N=C1/C=C/c1ccc(C#N)cc1. The van der Waals surface area contributed by atoms with E-state index in [0.717, 1.165) is 17.7 Å². The van der Waals surface area contributed by atoms with Crippen LogP contribution in [0.5, 0.6) is 5.75 Å². The molecule has 0 radical (unpaired) electrons. The van der Waals surface area contributed by atoms with E-state index in [-0.39, 0.29) is 5.56 Å². The van der Waals surface area contributed by atoms with Crippen molar-refractivity contribution in [3.05, 3.63) is 76.5 Å². The van der Waals surface area contributed by atoms with E-state index in [2.05, 4.69) is 11.1 Å². The van der Waals surface area contributed by atoms with Gasteiger partial charge in [-0.2, -0.15) is 5.26 Å². The molecule has 7 heteroatoms. The van der Waals surface area contributed by atoms with Gasteiger partial charge in [-0.15, -0.1) is 0 Å². The molecule has 1 N–H and O–H groups in total. The number of nitriles is 1. The highest BCUT2D eigenvalue weighted by atomic mass is 32.1. The van der Waals surface area contributed by atoms with Crippen molar-refractivity contribution in [3.63, 3.8) is 0 Å². The van der Waals surface area contributed by atoms with E-state index in [0.29, 0.717) is 22.1 Å². The van der Waals surface area contributed by atoms with Crippen molar-refractivity contribution in [3.8, 4) is 11.8 Å². The summed E-state index contributed by atoms with van der Waals surface area (Å²) in [6.45, 7) is 0. The lowest BCUT2D eigenvalue weighted by Gasteiger charge is -2.10. The third kappa shape index (κ3) is 3.91. The number of amidine groups is 1. The summed E-state index contributed by atoms with van der Waals surface area (Å²) in [6.07, 6.45) is 5.03. The number of phenolic OH excluding ortho intramolecular Hbond substituents is 1. The fourth-order valence-corrected chi connectivity index (χ4v) is 2.63. The van der Waals surface area contributed by atoms with E-state index in [1.165, 1.54) is 6.08 Å². The van der Waals surface area contributed by atoms with Gasteiger partial charge in [0, 0.05) is 7.05 Å². The van der Waals surface area contributed by atoms with Crippen LogP contribution in [0.4, 0.5) is 8.78 Å².